The number of rotatable bonds is 5. The number of nitrogens with one attached hydrogen (secondary N) is 1. The third-order valence-electron chi connectivity index (χ3n) is 4.96. The predicted molar refractivity (Wildman–Crippen MR) is 120 cm³/mol. The molecular weight excluding hydrogens is 490 g/mol. The van der Waals surface area contributed by atoms with Gasteiger partial charge in [-0.05, 0) is 42.8 Å². The van der Waals surface area contributed by atoms with Crippen LogP contribution in [0.15, 0.2) is 52.3 Å². The number of ether oxygens (including phenoxy) is 1. The summed E-state index contributed by atoms with van der Waals surface area (Å²) in [5.41, 5.74) is 0.992. The van der Waals surface area contributed by atoms with Crippen LogP contribution < -0.4 is 10.1 Å². The van der Waals surface area contributed by atoms with Gasteiger partial charge in [-0.1, -0.05) is 39.7 Å². The molecule has 3 aromatic rings. The molecule has 1 aliphatic rings. The highest BCUT2D eigenvalue weighted by Gasteiger charge is 2.49. The van der Waals surface area contributed by atoms with Crippen LogP contribution in [0.5, 0.6) is 5.75 Å². The molecular formula is C21H17BrClN3O3S. The quantitative estimate of drug-likeness (QED) is 0.483. The lowest BCUT2D eigenvalue weighted by Crippen LogP contribution is -2.40. The summed E-state index contributed by atoms with van der Waals surface area (Å²) in [5, 5.41) is 5.95. The molecule has 6 nitrogen and oxygen atoms in total. The van der Waals surface area contributed by atoms with Crippen LogP contribution in [0.3, 0.4) is 0 Å². The lowest BCUT2D eigenvalue weighted by atomic mass is 9.92. The van der Waals surface area contributed by atoms with Gasteiger partial charge in [0, 0.05) is 14.9 Å². The largest absolute Gasteiger partial charge is 0.496 e. The van der Waals surface area contributed by atoms with E-state index in [0.717, 1.165) is 15.0 Å². The number of urea groups is 1. The van der Waals surface area contributed by atoms with Gasteiger partial charge in [-0.25, -0.2) is 9.78 Å². The van der Waals surface area contributed by atoms with Crippen molar-refractivity contribution in [2.24, 2.45) is 0 Å². The lowest BCUT2D eigenvalue weighted by Gasteiger charge is -2.22. The molecule has 2 aromatic carbocycles. The van der Waals surface area contributed by atoms with E-state index >= 15 is 0 Å². The number of hydrogen-bond donors (Lipinski definition) is 1. The van der Waals surface area contributed by atoms with Crippen LogP contribution in [0, 0.1) is 0 Å². The first-order valence-corrected chi connectivity index (χ1v) is 11.1. The number of benzene rings is 2. The minimum atomic E-state index is -1.14. The molecule has 1 N–H and O–H groups in total. The van der Waals surface area contributed by atoms with Gasteiger partial charge in [0.2, 0.25) is 0 Å². The molecule has 0 radical (unpaired) electrons. The van der Waals surface area contributed by atoms with Crippen molar-refractivity contribution in [1.29, 1.82) is 0 Å². The van der Waals surface area contributed by atoms with Crippen molar-refractivity contribution in [2.75, 3.05) is 7.11 Å². The monoisotopic (exact) mass is 505 g/mol. The number of carbonyl (C=O) groups is 2. The fourth-order valence-corrected chi connectivity index (χ4v) is 4.65. The maximum atomic E-state index is 13.1. The van der Waals surface area contributed by atoms with Crippen LogP contribution in [0.4, 0.5) is 4.79 Å². The van der Waals surface area contributed by atoms with E-state index in [9.17, 15) is 9.59 Å². The molecule has 0 spiro atoms. The fraction of sp³-hybridized carbons (Fsp3) is 0.190. The molecule has 9 heteroatoms. The van der Waals surface area contributed by atoms with E-state index in [2.05, 4.69) is 26.2 Å². The van der Waals surface area contributed by atoms with Gasteiger partial charge >= 0.3 is 6.03 Å². The number of hydrogen-bond acceptors (Lipinski definition) is 5. The molecule has 2 heterocycles. The summed E-state index contributed by atoms with van der Waals surface area (Å²) >= 11 is 10.8. The van der Waals surface area contributed by atoms with Crippen molar-refractivity contribution in [2.45, 2.75) is 19.0 Å². The van der Waals surface area contributed by atoms with Crippen LogP contribution in [-0.4, -0.2) is 28.9 Å². The lowest BCUT2D eigenvalue weighted by molar-refractivity contribution is -0.131. The van der Waals surface area contributed by atoms with Crippen molar-refractivity contribution in [3.8, 4) is 16.3 Å². The minimum Gasteiger partial charge on any atom is -0.496 e. The van der Waals surface area contributed by atoms with E-state index in [1.165, 1.54) is 16.2 Å². The van der Waals surface area contributed by atoms with Gasteiger partial charge in [0.05, 0.1) is 24.9 Å². The van der Waals surface area contributed by atoms with Crippen LogP contribution in [0.25, 0.3) is 10.6 Å². The Balaban J connectivity index is 1.58. The number of carbonyl (C=O) groups excluding carboxylic acids is 2. The van der Waals surface area contributed by atoms with Gasteiger partial charge in [-0.2, -0.15) is 0 Å². The molecule has 1 atom stereocenters. The van der Waals surface area contributed by atoms with E-state index < -0.39 is 11.6 Å². The molecule has 0 bridgehead atoms. The highest BCUT2D eigenvalue weighted by molar-refractivity contribution is 9.10. The molecule has 0 saturated carbocycles. The Kier molecular flexibility index (Phi) is 5.57. The smallest absolute Gasteiger partial charge is 0.325 e. The fourth-order valence-electron chi connectivity index (χ4n) is 3.33. The Morgan fingerprint density at radius 1 is 1.23 bits per heavy atom. The summed E-state index contributed by atoms with van der Waals surface area (Å²) in [6.07, 6.45) is 0. The Morgan fingerprint density at radius 2 is 1.97 bits per heavy atom. The third-order valence-corrected chi connectivity index (χ3v) is 6.63. The molecule has 154 valence electrons. The Labute approximate surface area is 191 Å². The van der Waals surface area contributed by atoms with E-state index in [1.54, 1.807) is 38.3 Å². The summed E-state index contributed by atoms with van der Waals surface area (Å²) < 4.78 is 6.33. The molecule has 4 rings (SSSR count). The molecule has 1 saturated heterocycles. The maximum absolute atomic E-state index is 13.1. The zero-order chi connectivity index (χ0) is 21.5. The number of thiazole rings is 1. The standard InChI is InChI=1S/C21H17BrClN3O3S/c1-21(12-3-6-14(23)7-4-12)19(27)26(20(28)25-21)10-15-11-30-18(24-15)16-9-13(22)5-8-17(16)29-2/h3-9,11H,10H2,1-2H3,(H,25,28). The molecule has 1 unspecified atom stereocenters. The molecule has 1 aliphatic heterocycles. The van der Waals surface area contributed by atoms with E-state index in [1.807, 2.05) is 23.6 Å². The SMILES string of the molecule is COc1ccc(Br)cc1-c1nc(CN2C(=O)NC(C)(c3ccc(Cl)cc3)C2=O)cs1. The predicted octanol–water partition coefficient (Wildman–Crippen LogP) is 5.20. The van der Waals surface area contributed by atoms with Crippen molar-refractivity contribution in [3.63, 3.8) is 0 Å². The number of imide groups is 1. The third kappa shape index (κ3) is 3.71. The number of nitrogens with zero attached hydrogens (tertiary/aromatic N) is 2. The Bertz CT molecular complexity index is 1130. The minimum absolute atomic E-state index is 0.0840. The number of aromatic nitrogens is 1. The van der Waals surface area contributed by atoms with Gasteiger partial charge in [0.1, 0.15) is 16.3 Å². The summed E-state index contributed by atoms with van der Waals surface area (Å²) in [6, 6.07) is 12.1. The first kappa shape index (κ1) is 20.8. The summed E-state index contributed by atoms with van der Waals surface area (Å²) in [7, 11) is 1.60. The summed E-state index contributed by atoms with van der Waals surface area (Å²) in [4.78, 5) is 31.5. The molecule has 3 amide bonds. The molecule has 1 aromatic heterocycles. The van der Waals surface area contributed by atoms with Gasteiger partial charge in [-0.15, -0.1) is 11.3 Å². The van der Waals surface area contributed by atoms with Crippen LogP contribution in [-0.2, 0) is 16.9 Å². The van der Waals surface area contributed by atoms with E-state index in [-0.39, 0.29) is 12.5 Å². The Hall–Kier alpha value is -2.42. The average molecular weight is 507 g/mol. The van der Waals surface area contributed by atoms with Crippen molar-refractivity contribution in [3.05, 3.63) is 68.6 Å². The first-order valence-electron chi connectivity index (χ1n) is 9.00. The van der Waals surface area contributed by atoms with Crippen molar-refractivity contribution < 1.29 is 14.3 Å². The topological polar surface area (TPSA) is 71.5 Å². The molecule has 30 heavy (non-hydrogen) atoms. The average Bonchev–Trinajstić information content (AvgIpc) is 3.27. The van der Waals surface area contributed by atoms with Gasteiger partial charge < -0.3 is 10.1 Å². The van der Waals surface area contributed by atoms with E-state index in [0.29, 0.717) is 22.0 Å². The van der Waals surface area contributed by atoms with Gasteiger partial charge in [-0.3, -0.25) is 9.69 Å². The normalized spacial score (nSPS) is 18.6. The second-order valence-corrected chi connectivity index (χ2v) is 9.15. The van der Waals surface area contributed by atoms with Crippen LogP contribution in [0.2, 0.25) is 5.02 Å². The summed E-state index contributed by atoms with van der Waals surface area (Å²) in [6.45, 7) is 1.77. The van der Waals surface area contributed by atoms with Crippen LogP contribution >= 0.6 is 38.9 Å². The highest BCUT2D eigenvalue weighted by Crippen LogP contribution is 2.35. The molecule has 0 aliphatic carbocycles. The Morgan fingerprint density at radius 3 is 2.67 bits per heavy atom. The van der Waals surface area contributed by atoms with Crippen LogP contribution in [0.1, 0.15) is 18.2 Å². The van der Waals surface area contributed by atoms with Gasteiger partial charge in [0.25, 0.3) is 5.91 Å². The maximum Gasteiger partial charge on any atom is 0.325 e. The number of methoxy groups -OCH3 is 1. The van der Waals surface area contributed by atoms with Gasteiger partial charge in [0.15, 0.2) is 0 Å². The zero-order valence-corrected chi connectivity index (χ0v) is 19.3. The number of halogens is 2. The van der Waals surface area contributed by atoms with Crippen molar-refractivity contribution >= 4 is 50.8 Å². The first-order chi connectivity index (χ1) is 14.3. The second kappa shape index (κ2) is 8.02. The second-order valence-electron chi connectivity index (χ2n) is 6.94. The number of amides is 3. The summed E-state index contributed by atoms with van der Waals surface area (Å²) in [5.74, 6) is 0.369. The van der Waals surface area contributed by atoms with E-state index in [4.69, 9.17) is 16.3 Å². The highest BCUT2D eigenvalue weighted by atomic mass is 79.9. The van der Waals surface area contributed by atoms with Crippen molar-refractivity contribution in [1.82, 2.24) is 15.2 Å². The zero-order valence-electron chi connectivity index (χ0n) is 16.1. The molecule has 1 fully saturated rings.